The summed E-state index contributed by atoms with van der Waals surface area (Å²) >= 11 is 1.76. The number of nitrogens with zero attached hydrogens (tertiary/aromatic N) is 2. The first-order chi connectivity index (χ1) is 9.31. The van der Waals surface area contributed by atoms with Crippen LogP contribution in [-0.4, -0.2) is 22.2 Å². The van der Waals surface area contributed by atoms with E-state index in [1.807, 2.05) is 0 Å². The van der Waals surface area contributed by atoms with Crippen molar-refractivity contribution < 1.29 is 4.79 Å². The quantitative estimate of drug-likeness (QED) is 0.791. The van der Waals surface area contributed by atoms with Gasteiger partial charge in [0.2, 0.25) is 0 Å². The summed E-state index contributed by atoms with van der Waals surface area (Å²) in [6.45, 7) is 3.56. The minimum Gasteiger partial charge on any atom is -0.351 e. The molecule has 1 N–H and O–H groups in total. The zero-order chi connectivity index (χ0) is 13.5. The number of carbonyl (C=O) groups is 1. The molecule has 0 saturated carbocycles. The molecule has 0 aromatic carbocycles. The second-order valence-corrected chi connectivity index (χ2v) is 5.41. The molecule has 0 atom stereocenters. The molecule has 1 amide bonds. The van der Waals surface area contributed by atoms with E-state index in [1.54, 1.807) is 28.3 Å². The minimum atomic E-state index is -0.0304. The lowest BCUT2D eigenvalue weighted by molar-refractivity contribution is 0.0942. The van der Waals surface area contributed by atoms with Gasteiger partial charge in [0.15, 0.2) is 0 Å². The van der Waals surface area contributed by atoms with Crippen LogP contribution in [0.4, 0.5) is 0 Å². The summed E-state index contributed by atoms with van der Waals surface area (Å²) in [6, 6.07) is 5.95. The molecule has 19 heavy (non-hydrogen) atoms. The van der Waals surface area contributed by atoms with Gasteiger partial charge in [-0.1, -0.05) is 13.0 Å². The van der Waals surface area contributed by atoms with E-state index >= 15 is 0 Å². The van der Waals surface area contributed by atoms with Gasteiger partial charge in [-0.05, 0) is 36.8 Å². The lowest BCUT2D eigenvalue weighted by atomic mass is 10.2. The number of thiophene rings is 1. The first-order valence-corrected chi connectivity index (χ1v) is 7.51. The van der Waals surface area contributed by atoms with Crippen LogP contribution in [0.5, 0.6) is 0 Å². The Morgan fingerprint density at radius 2 is 2.37 bits per heavy atom. The van der Waals surface area contributed by atoms with Crippen LogP contribution in [0.1, 0.15) is 35.1 Å². The minimum absolute atomic E-state index is 0.0304. The first-order valence-electron chi connectivity index (χ1n) is 6.63. The Morgan fingerprint density at radius 3 is 3.11 bits per heavy atom. The van der Waals surface area contributed by atoms with Crippen LogP contribution < -0.4 is 5.32 Å². The molecular formula is C14H19N3OS. The number of hydrogen-bond acceptors (Lipinski definition) is 3. The van der Waals surface area contributed by atoms with Crippen LogP contribution >= 0.6 is 11.3 Å². The van der Waals surface area contributed by atoms with Gasteiger partial charge in [-0.3, -0.25) is 9.48 Å². The topological polar surface area (TPSA) is 46.9 Å². The normalized spacial score (nSPS) is 10.6. The molecule has 5 heteroatoms. The average molecular weight is 277 g/mol. The standard InChI is InChI=1S/C14H19N3OS/c1-2-10-17-13(7-9-16-17)14(18)15-8-3-5-12-6-4-11-19-12/h4,6-7,9,11H,2-3,5,8,10H2,1H3,(H,15,18). The zero-order valence-corrected chi connectivity index (χ0v) is 11.9. The maximum absolute atomic E-state index is 12.0. The summed E-state index contributed by atoms with van der Waals surface area (Å²) in [7, 11) is 0. The zero-order valence-electron chi connectivity index (χ0n) is 11.1. The summed E-state index contributed by atoms with van der Waals surface area (Å²) in [5.74, 6) is -0.0304. The molecular weight excluding hydrogens is 258 g/mol. The van der Waals surface area contributed by atoms with Crippen LogP contribution in [0, 0.1) is 0 Å². The van der Waals surface area contributed by atoms with E-state index in [-0.39, 0.29) is 5.91 Å². The summed E-state index contributed by atoms with van der Waals surface area (Å²) in [5, 5.41) is 9.19. The highest BCUT2D eigenvalue weighted by Crippen LogP contribution is 2.10. The molecule has 2 rings (SSSR count). The van der Waals surface area contributed by atoms with Crippen molar-refractivity contribution in [2.45, 2.75) is 32.7 Å². The molecule has 0 aliphatic heterocycles. The number of carbonyl (C=O) groups excluding carboxylic acids is 1. The number of nitrogens with one attached hydrogen (secondary N) is 1. The first kappa shape index (κ1) is 13.8. The van der Waals surface area contributed by atoms with Crippen molar-refractivity contribution in [2.24, 2.45) is 0 Å². The van der Waals surface area contributed by atoms with Crippen LogP contribution in [0.25, 0.3) is 0 Å². The van der Waals surface area contributed by atoms with E-state index in [2.05, 4.69) is 34.9 Å². The fraction of sp³-hybridized carbons (Fsp3) is 0.429. The maximum Gasteiger partial charge on any atom is 0.269 e. The summed E-state index contributed by atoms with van der Waals surface area (Å²) < 4.78 is 1.76. The summed E-state index contributed by atoms with van der Waals surface area (Å²) in [4.78, 5) is 13.4. The molecule has 0 fully saturated rings. The van der Waals surface area contributed by atoms with Crippen molar-refractivity contribution in [3.63, 3.8) is 0 Å². The number of amides is 1. The SMILES string of the molecule is CCCn1nccc1C(=O)NCCCc1cccs1. The highest BCUT2D eigenvalue weighted by atomic mass is 32.1. The Bertz CT molecular complexity index is 505. The molecule has 0 aliphatic rings. The Kier molecular flexibility index (Phi) is 5.15. The highest BCUT2D eigenvalue weighted by molar-refractivity contribution is 7.09. The average Bonchev–Trinajstić information content (AvgIpc) is 3.05. The Balaban J connectivity index is 1.76. The van der Waals surface area contributed by atoms with Crippen molar-refractivity contribution in [1.82, 2.24) is 15.1 Å². The Morgan fingerprint density at radius 1 is 1.47 bits per heavy atom. The molecule has 0 saturated heterocycles. The van der Waals surface area contributed by atoms with Crippen LogP contribution in [0.15, 0.2) is 29.8 Å². The fourth-order valence-corrected chi connectivity index (χ4v) is 2.68. The van der Waals surface area contributed by atoms with Crippen molar-refractivity contribution in [3.05, 3.63) is 40.3 Å². The number of rotatable bonds is 7. The largest absolute Gasteiger partial charge is 0.351 e. The van der Waals surface area contributed by atoms with Gasteiger partial charge in [0.25, 0.3) is 5.91 Å². The molecule has 0 aliphatic carbocycles. The molecule has 0 unspecified atom stereocenters. The van der Waals surface area contributed by atoms with Gasteiger partial charge < -0.3 is 5.32 Å². The van der Waals surface area contributed by atoms with Gasteiger partial charge in [0.05, 0.1) is 0 Å². The highest BCUT2D eigenvalue weighted by Gasteiger charge is 2.10. The van der Waals surface area contributed by atoms with Crippen LogP contribution in [0.2, 0.25) is 0 Å². The van der Waals surface area contributed by atoms with E-state index < -0.39 is 0 Å². The number of hydrogen-bond donors (Lipinski definition) is 1. The fourth-order valence-electron chi connectivity index (χ4n) is 1.93. The lowest BCUT2D eigenvalue weighted by Gasteiger charge is -2.07. The summed E-state index contributed by atoms with van der Waals surface area (Å²) in [6.07, 6.45) is 4.64. The van der Waals surface area contributed by atoms with Crippen molar-refractivity contribution >= 4 is 17.2 Å². The van der Waals surface area contributed by atoms with Crippen molar-refractivity contribution in [3.8, 4) is 0 Å². The molecule has 4 nitrogen and oxygen atoms in total. The van der Waals surface area contributed by atoms with Crippen molar-refractivity contribution in [2.75, 3.05) is 6.54 Å². The van der Waals surface area contributed by atoms with E-state index in [4.69, 9.17) is 0 Å². The van der Waals surface area contributed by atoms with E-state index in [0.717, 1.165) is 25.8 Å². The van der Waals surface area contributed by atoms with Gasteiger partial charge in [0.1, 0.15) is 5.69 Å². The molecule has 2 aromatic heterocycles. The third-order valence-corrected chi connectivity index (χ3v) is 3.79. The van der Waals surface area contributed by atoms with E-state index in [9.17, 15) is 4.79 Å². The third kappa shape index (κ3) is 3.92. The lowest BCUT2D eigenvalue weighted by Crippen LogP contribution is -2.27. The molecule has 0 spiro atoms. The van der Waals surface area contributed by atoms with Crippen molar-refractivity contribution in [1.29, 1.82) is 0 Å². The van der Waals surface area contributed by atoms with E-state index in [1.165, 1.54) is 4.88 Å². The molecule has 0 bridgehead atoms. The van der Waals surface area contributed by atoms with Crippen LogP contribution in [0.3, 0.4) is 0 Å². The number of aromatic nitrogens is 2. The Labute approximate surface area is 117 Å². The third-order valence-electron chi connectivity index (χ3n) is 2.85. The monoisotopic (exact) mass is 277 g/mol. The molecule has 102 valence electrons. The predicted octanol–water partition coefficient (Wildman–Crippen LogP) is 2.72. The Hall–Kier alpha value is -1.62. The second kappa shape index (κ2) is 7.09. The van der Waals surface area contributed by atoms with Gasteiger partial charge in [0, 0.05) is 24.2 Å². The van der Waals surface area contributed by atoms with Gasteiger partial charge in [-0.15, -0.1) is 11.3 Å². The molecule has 2 heterocycles. The summed E-state index contributed by atoms with van der Waals surface area (Å²) in [5.41, 5.74) is 0.651. The molecule has 2 aromatic rings. The predicted molar refractivity (Wildman–Crippen MR) is 77.5 cm³/mol. The van der Waals surface area contributed by atoms with Gasteiger partial charge >= 0.3 is 0 Å². The maximum atomic E-state index is 12.0. The van der Waals surface area contributed by atoms with Crippen LogP contribution in [-0.2, 0) is 13.0 Å². The smallest absolute Gasteiger partial charge is 0.269 e. The van der Waals surface area contributed by atoms with Gasteiger partial charge in [-0.25, -0.2) is 0 Å². The van der Waals surface area contributed by atoms with E-state index in [0.29, 0.717) is 12.2 Å². The second-order valence-electron chi connectivity index (χ2n) is 4.38. The molecule has 0 radical (unpaired) electrons. The number of aryl methyl sites for hydroxylation is 2. The van der Waals surface area contributed by atoms with Gasteiger partial charge in [-0.2, -0.15) is 5.10 Å².